The number of aromatic nitrogens is 1. The van der Waals surface area contributed by atoms with E-state index in [9.17, 15) is 9.90 Å². The number of nitrogens with zero attached hydrogens (tertiary/aromatic N) is 1. The van der Waals surface area contributed by atoms with E-state index in [2.05, 4.69) is 10.5 Å². The van der Waals surface area contributed by atoms with E-state index in [1.807, 2.05) is 6.92 Å². The van der Waals surface area contributed by atoms with Gasteiger partial charge >= 0.3 is 0 Å². The summed E-state index contributed by atoms with van der Waals surface area (Å²) in [5, 5.41) is 17.0. The fraction of sp³-hybridized carbons (Fsp3) is 0.500. The summed E-state index contributed by atoms with van der Waals surface area (Å²) >= 11 is 0. The lowest BCUT2D eigenvalue weighted by atomic mass is 9.96. The van der Waals surface area contributed by atoms with Crippen molar-refractivity contribution < 1.29 is 18.8 Å². The summed E-state index contributed by atoms with van der Waals surface area (Å²) in [5.74, 6) is 2.19. The first-order chi connectivity index (χ1) is 10.4. The zero-order valence-corrected chi connectivity index (χ0v) is 13.0. The highest BCUT2D eigenvalue weighted by Gasteiger charge is 2.31. The summed E-state index contributed by atoms with van der Waals surface area (Å²) in [7, 11) is 0. The predicted molar refractivity (Wildman–Crippen MR) is 78.6 cm³/mol. The molecule has 0 saturated heterocycles. The summed E-state index contributed by atoms with van der Waals surface area (Å²) < 4.78 is 10.6. The first-order valence-corrected chi connectivity index (χ1v) is 7.41. The van der Waals surface area contributed by atoms with Crippen molar-refractivity contribution in [3.63, 3.8) is 0 Å². The Hall–Kier alpha value is -2.08. The first kappa shape index (κ1) is 14.8. The fourth-order valence-corrected chi connectivity index (χ4v) is 2.56. The van der Waals surface area contributed by atoms with Gasteiger partial charge in [-0.25, -0.2) is 0 Å². The third kappa shape index (κ3) is 2.92. The van der Waals surface area contributed by atoms with Gasteiger partial charge in [-0.2, -0.15) is 0 Å². The van der Waals surface area contributed by atoms with Gasteiger partial charge in [0.15, 0.2) is 5.69 Å². The quantitative estimate of drug-likeness (QED) is 0.885. The number of amides is 1. The molecule has 3 rings (SSSR count). The highest BCUT2D eigenvalue weighted by molar-refractivity contribution is 5.92. The number of carbonyl (C=O) groups is 1. The van der Waals surface area contributed by atoms with E-state index >= 15 is 0 Å². The Kier molecular flexibility index (Phi) is 3.56. The van der Waals surface area contributed by atoms with Gasteiger partial charge in [-0.3, -0.25) is 4.79 Å². The van der Waals surface area contributed by atoms with Crippen molar-refractivity contribution in [2.75, 3.05) is 6.54 Å². The summed E-state index contributed by atoms with van der Waals surface area (Å²) in [6, 6.07) is 3.46. The molecule has 1 atom stereocenters. The summed E-state index contributed by atoms with van der Waals surface area (Å²) in [6.07, 6.45) is 2.17. The largest absolute Gasteiger partial charge is 0.466 e. The lowest BCUT2D eigenvalue weighted by Crippen LogP contribution is -2.38. The van der Waals surface area contributed by atoms with Crippen molar-refractivity contribution >= 4 is 5.91 Å². The fourth-order valence-electron chi connectivity index (χ4n) is 2.56. The van der Waals surface area contributed by atoms with Crippen LogP contribution in [0.5, 0.6) is 0 Å². The van der Waals surface area contributed by atoms with E-state index in [4.69, 9.17) is 8.94 Å². The van der Waals surface area contributed by atoms with Gasteiger partial charge < -0.3 is 19.4 Å². The Labute approximate surface area is 128 Å². The van der Waals surface area contributed by atoms with E-state index in [-0.39, 0.29) is 18.1 Å². The van der Waals surface area contributed by atoms with Crippen LogP contribution in [-0.4, -0.2) is 22.7 Å². The van der Waals surface area contributed by atoms with E-state index in [1.54, 1.807) is 26.0 Å². The van der Waals surface area contributed by atoms with Crippen molar-refractivity contribution in [2.24, 2.45) is 0 Å². The van der Waals surface area contributed by atoms with Crippen LogP contribution >= 0.6 is 0 Å². The Morgan fingerprint density at radius 3 is 2.77 bits per heavy atom. The highest BCUT2D eigenvalue weighted by Crippen LogP contribution is 2.40. The van der Waals surface area contributed by atoms with Gasteiger partial charge in [0.25, 0.3) is 5.91 Å². The van der Waals surface area contributed by atoms with Crippen molar-refractivity contribution in [3.05, 3.63) is 40.7 Å². The standard InChI is InChI=1S/C16H20N2O4/c1-9-6-12(10(2)21-9)16(3,20)8-17-15(19)13-7-14(22-18-13)11-4-5-11/h6-7,11,20H,4-5,8H2,1-3H3,(H,17,19)/t16-/m1/s1. The summed E-state index contributed by atoms with van der Waals surface area (Å²) in [5.41, 5.74) is -0.289. The second-order valence-electron chi connectivity index (χ2n) is 6.17. The molecule has 1 aliphatic rings. The third-order valence-electron chi connectivity index (χ3n) is 3.96. The lowest BCUT2D eigenvalue weighted by molar-refractivity contribution is 0.0511. The molecule has 0 unspecified atom stereocenters. The number of aryl methyl sites for hydroxylation is 2. The Bertz CT molecular complexity index is 695. The van der Waals surface area contributed by atoms with E-state index < -0.39 is 5.60 Å². The van der Waals surface area contributed by atoms with Crippen LogP contribution in [0, 0.1) is 13.8 Å². The Balaban J connectivity index is 1.65. The smallest absolute Gasteiger partial charge is 0.273 e. The van der Waals surface area contributed by atoms with Crippen LogP contribution in [0.4, 0.5) is 0 Å². The second kappa shape index (κ2) is 5.28. The van der Waals surface area contributed by atoms with E-state index in [0.29, 0.717) is 17.2 Å². The normalized spacial score (nSPS) is 17.3. The number of nitrogens with one attached hydrogen (secondary N) is 1. The topological polar surface area (TPSA) is 88.5 Å². The van der Waals surface area contributed by atoms with Crippen LogP contribution in [0.15, 0.2) is 21.1 Å². The molecule has 1 aliphatic carbocycles. The molecule has 0 aliphatic heterocycles. The van der Waals surface area contributed by atoms with Crippen LogP contribution in [-0.2, 0) is 5.60 Å². The third-order valence-corrected chi connectivity index (χ3v) is 3.96. The van der Waals surface area contributed by atoms with Crippen LogP contribution < -0.4 is 5.32 Å². The zero-order valence-electron chi connectivity index (χ0n) is 13.0. The van der Waals surface area contributed by atoms with Gasteiger partial charge in [-0.1, -0.05) is 5.16 Å². The van der Waals surface area contributed by atoms with E-state index in [0.717, 1.165) is 24.4 Å². The van der Waals surface area contributed by atoms with Gasteiger partial charge in [0, 0.05) is 17.5 Å². The SMILES string of the molecule is Cc1cc([C@](C)(O)CNC(=O)c2cc(C3CC3)on2)c(C)o1. The molecule has 2 aromatic rings. The monoisotopic (exact) mass is 304 g/mol. The number of rotatable bonds is 5. The molecule has 0 aromatic carbocycles. The van der Waals surface area contributed by atoms with Crippen LogP contribution in [0.3, 0.4) is 0 Å². The minimum atomic E-state index is -1.21. The van der Waals surface area contributed by atoms with Crippen molar-refractivity contribution in [3.8, 4) is 0 Å². The summed E-state index contributed by atoms with van der Waals surface area (Å²) in [4.78, 5) is 12.1. The van der Waals surface area contributed by atoms with Gasteiger partial charge in [-0.05, 0) is 39.7 Å². The molecule has 22 heavy (non-hydrogen) atoms. The molecule has 1 amide bonds. The zero-order chi connectivity index (χ0) is 15.9. The number of furan rings is 1. The average molecular weight is 304 g/mol. The van der Waals surface area contributed by atoms with Gasteiger partial charge in [0.05, 0.1) is 6.54 Å². The second-order valence-corrected chi connectivity index (χ2v) is 6.17. The summed E-state index contributed by atoms with van der Waals surface area (Å²) in [6.45, 7) is 5.32. The molecule has 2 N–H and O–H groups in total. The van der Waals surface area contributed by atoms with Gasteiger partial charge in [0.1, 0.15) is 22.9 Å². The van der Waals surface area contributed by atoms with Crippen LogP contribution in [0.2, 0.25) is 0 Å². The van der Waals surface area contributed by atoms with Crippen LogP contribution in [0.25, 0.3) is 0 Å². The molecule has 1 fully saturated rings. The average Bonchev–Trinajstić information content (AvgIpc) is 3.08. The van der Waals surface area contributed by atoms with Gasteiger partial charge in [0.2, 0.25) is 0 Å². The molecular formula is C16H20N2O4. The molecule has 6 nitrogen and oxygen atoms in total. The highest BCUT2D eigenvalue weighted by atomic mass is 16.5. The molecular weight excluding hydrogens is 284 g/mol. The number of aliphatic hydroxyl groups is 1. The minimum Gasteiger partial charge on any atom is -0.466 e. The predicted octanol–water partition coefficient (Wildman–Crippen LogP) is 2.40. The van der Waals surface area contributed by atoms with Crippen molar-refractivity contribution in [1.82, 2.24) is 10.5 Å². The van der Waals surface area contributed by atoms with E-state index in [1.165, 1.54) is 0 Å². The van der Waals surface area contributed by atoms with Crippen LogP contribution in [0.1, 0.15) is 59.0 Å². The number of hydrogen-bond acceptors (Lipinski definition) is 5. The molecule has 2 heterocycles. The maximum Gasteiger partial charge on any atom is 0.273 e. The molecule has 0 radical (unpaired) electrons. The van der Waals surface area contributed by atoms with Crippen molar-refractivity contribution in [1.29, 1.82) is 0 Å². The molecule has 1 saturated carbocycles. The number of hydrogen-bond donors (Lipinski definition) is 2. The first-order valence-electron chi connectivity index (χ1n) is 7.41. The minimum absolute atomic E-state index is 0.0667. The Morgan fingerprint density at radius 1 is 1.45 bits per heavy atom. The molecule has 0 bridgehead atoms. The maximum atomic E-state index is 12.1. The molecule has 0 spiro atoms. The number of carbonyl (C=O) groups excluding carboxylic acids is 1. The maximum absolute atomic E-state index is 12.1. The Morgan fingerprint density at radius 2 is 2.18 bits per heavy atom. The molecule has 6 heteroatoms. The lowest BCUT2D eigenvalue weighted by Gasteiger charge is -2.23. The molecule has 2 aromatic heterocycles. The van der Waals surface area contributed by atoms with Crippen molar-refractivity contribution in [2.45, 2.75) is 45.1 Å². The van der Waals surface area contributed by atoms with Gasteiger partial charge in [-0.15, -0.1) is 0 Å². The molecule has 118 valence electrons.